The quantitative estimate of drug-likeness (QED) is 0.262. The van der Waals surface area contributed by atoms with Crippen LogP contribution < -0.4 is 15.4 Å². The van der Waals surface area contributed by atoms with Crippen LogP contribution in [0.1, 0.15) is 63.3 Å². The average Bonchev–Trinajstić information content (AvgIpc) is 3.67. The van der Waals surface area contributed by atoms with Gasteiger partial charge in [-0.2, -0.15) is 0 Å². The summed E-state index contributed by atoms with van der Waals surface area (Å²) in [5.41, 5.74) is 2.35. The van der Waals surface area contributed by atoms with Crippen molar-refractivity contribution in [3.8, 4) is 16.3 Å². The summed E-state index contributed by atoms with van der Waals surface area (Å²) in [5.74, 6) is 0.845. The van der Waals surface area contributed by atoms with Crippen molar-refractivity contribution < 1.29 is 18.5 Å². The molecule has 2 heterocycles. The molecule has 2 aliphatic carbocycles. The summed E-state index contributed by atoms with van der Waals surface area (Å²) >= 11 is 1.62. The number of alkyl carbamates (subject to hydrolysis) is 1. The molecule has 2 fully saturated rings. The van der Waals surface area contributed by atoms with Gasteiger partial charge in [0.05, 0.1) is 49.6 Å². The van der Waals surface area contributed by atoms with Crippen LogP contribution in [-0.4, -0.2) is 44.8 Å². The van der Waals surface area contributed by atoms with Crippen LogP contribution in [0.2, 0.25) is 0 Å². The zero-order valence-corrected chi connectivity index (χ0v) is 24.1. The van der Waals surface area contributed by atoms with Gasteiger partial charge in [0.25, 0.3) is 0 Å². The lowest BCUT2D eigenvalue weighted by Crippen LogP contribution is -2.38. The van der Waals surface area contributed by atoms with Crippen molar-refractivity contribution in [2.75, 3.05) is 12.4 Å². The third-order valence-corrected chi connectivity index (χ3v) is 10.7. The number of pyridine rings is 1. The number of ether oxygens (including phenoxy) is 2. The zero-order chi connectivity index (χ0) is 27.6. The summed E-state index contributed by atoms with van der Waals surface area (Å²) in [6.45, 7) is 3.68. The number of benzene rings is 1. The first-order chi connectivity index (χ1) is 18.7. The fourth-order valence-electron chi connectivity index (χ4n) is 4.88. The highest BCUT2D eigenvalue weighted by Gasteiger charge is 2.36. The summed E-state index contributed by atoms with van der Waals surface area (Å²) in [5, 5.41) is 7.23. The van der Waals surface area contributed by atoms with Gasteiger partial charge < -0.3 is 20.1 Å². The minimum atomic E-state index is -2.96. The molecule has 11 heteroatoms. The van der Waals surface area contributed by atoms with Gasteiger partial charge >= 0.3 is 6.09 Å². The summed E-state index contributed by atoms with van der Waals surface area (Å²) < 4.78 is 32.9. The minimum Gasteiger partial charge on any atom is -0.481 e. The number of hydrogen-bond acceptors (Lipinski definition) is 9. The Balaban J connectivity index is 1.33. The van der Waals surface area contributed by atoms with Crippen LogP contribution in [0.15, 0.2) is 47.6 Å². The molecule has 5 rings (SSSR count). The van der Waals surface area contributed by atoms with Gasteiger partial charge in [0, 0.05) is 40.7 Å². The monoisotopic (exact) mass is 569 g/mol. The van der Waals surface area contributed by atoms with Crippen molar-refractivity contribution in [2.45, 2.75) is 80.6 Å². The first kappa shape index (κ1) is 27.4. The zero-order valence-electron chi connectivity index (χ0n) is 22.4. The molecule has 1 unspecified atom stereocenters. The van der Waals surface area contributed by atoms with Gasteiger partial charge in [0.15, 0.2) is 0 Å². The number of methoxy groups -OCH3 is 1. The second kappa shape index (κ2) is 11.5. The molecule has 1 aromatic carbocycles. The lowest BCUT2D eigenvalue weighted by atomic mass is 9.86. The predicted octanol–water partition coefficient (Wildman–Crippen LogP) is 6.69. The molecule has 0 aliphatic heterocycles. The Hall–Kier alpha value is -3.18. The fraction of sp³-hybridized carbons (Fsp3) is 0.464. The van der Waals surface area contributed by atoms with Crippen LogP contribution in [0.3, 0.4) is 0 Å². The Labute approximate surface area is 233 Å². The van der Waals surface area contributed by atoms with Gasteiger partial charge in [-0.3, -0.25) is 0 Å². The molecule has 3 aromatic rings. The van der Waals surface area contributed by atoms with E-state index in [4.69, 9.17) is 19.2 Å². The van der Waals surface area contributed by atoms with E-state index in [9.17, 15) is 9.00 Å². The SMILES string of the molecule is COc1ccc(Nc2ccc(-c3cnc([C@H]4CC[C@H](NC(=O)OC(C)C)CC4)s3)c(S(=N)(=O)C3CC3)c2)cn1. The van der Waals surface area contributed by atoms with Crippen LogP contribution >= 0.6 is 11.3 Å². The molecular formula is C28H35N5O4S2. The Kier molecular flexibility index (Phi) is 8.08. The van der Waals surface area contributed by atoms with Crippen molar-refractivity contribution in [2.24, 2.45) is 0 Å². The van der Waals surface area contributed by atoms with E-state index in [1.165, 1.54) is 0 Å². The molecule has 3 N–H and O–H groups in total. The number of hydrogen-bond donors (Lipinski definition) is 3. The van der Waals surface area contributed by atoms with Gasteiger partial charge in [-0.25, -0.2) is 23.8 Å². The van der Waals surface area contributed by atoms with E-state index in [0.29, 0.717) is 16.7 Å². The molecule has 1 atom stereocenters. The molecule has 0 radical (unpaired) electrons. The Bertz CT molecular complexity index is 1410. The predicted molar refractivity (Wildman–Crippen MR) is 154 cm³/mol. The largest absolute Gasteiger partial charge is 0.481 e. The first-order valence-electron chi connectivity index (χ1n) is 13.3. The third kappa shape index (κ3) is 6.52. The summed E-state index contributed by atoms with van der Waals surface area (Å²) in [7, 11) is -1.39. The maximum atomic E-state index is 13.7. The van der Waals surface area contributed by atoms with Gasteiger partial charge in [-0.1, -0.05) is 6.07 Å². The summed E-state index contributed by atoms with van der Waals surface area (Å²) in [6.07, 6.45) is 8.29. The van der Waals surface area contributed by atoms with Crippen molar-refractivity contribution in [1.29, 1.82) is 4.78 Å². The van der Waals surface area contributed by atoms with Crippen molar-refractivity contribution in [1.82, 2.24) is 15.3 Å². The lowest BCUT2D eigenvalue weighted by molar-refractivity contribution is 0.109. The molecular weight excluding hydrogens is 534 g/mol. The van der Waals surface area contributed by atoms with E-state index in [2.05, 4.69) is 15.6 Å². The molecule has 0 saturated heterocycles. The van der Waals surface area contributed by atoms with Crippen LogP contribution in [0.5, 0.6) is 5.88 Å². The second-order valence-electron chi connectivity index (χ2n) is 10.4. The molecule has 1 amide bonds. The van der Waals surface area contributed by atoms with E-state index < -0.39 is 9.73 Å². The van der Waals surface area contributed by atoms with E-state index >= 15 is 0 Å². The minimum absolute atomic E-state index is 0.105. The van der Waals surface area contributed by atoms with E-state index in [0.717, 1.165) is 65.3 Å². The number of amides is 1. The van der Waals surface area contributed by atoms with Crippen LogP contribution in [-0.2, 0) is 14.5 Å². The van der Waals surface area contributed by atoms with E-state index in [1.54, 1.807) is 30.7 Å². The lowest BCUT2D eigenvalue weighted by Gasteiger charge is -2.28. The molecule has 2 aromatic heterocycles. The number of thiazole rings is 1. The van der Waals surface area contributed by atoms with Crippen molar-refractivity contribution in [3.63, 3.8) is 0 Å². The molecule has 39 heavy (non-hydrogen) atoms. The topological polar surface area (TPSA) is 126 Å². The molecule has 2 aliphatic rings. The highest BCUT2D eigenvalue weighted by atomic mass is 32.2. The summed E-state index contributed by atoms with van der Waals surface area (Å²) in [4.78, 5) is 22.4. The number of nitrogens with zero attached hydrogens (tertiary/aromatic N) is 2. The number of carbonyl (C=O) groups excluding carboxylic acids is 1. The standard InChI is InChI=1S/C28H35N5O4S2/c1-17(2)37-28(34)33-19-6-4-18(5-7-19)27-31-16-24(38-27)23-12-8-20(14-25(23)39(29,35)22-10-11-22)32-21-9-13-26(36-3)30-15-21/h8-9,12-19,22,29,32H,4-7,10-11H2,1-3H3,(H,33,34)/t18-,19-,39?. The number of aromatic nitrogens is 2. The van der Waals surface area contributed by atoms with Crippen LogP contribution in [0.4, 0.5) is 16.2 Å². The Morgan fingerprint density at radius 1 is 1.05 bits per heavy atom. The Morgan fingerprint density at radius 3 is 2.44 bits per heavy atom. The molecule has 208 valence electrons. The number of nitrogens with one attached hydrogen (secondary N) is 3. The normalized spacial score (nSPS) is 20.7. The highest BCUT2D eigenvalue weighted by Crippen LogP contribution is 2.43. The van der Waals surface area contributed by atoms with Gasteiger partial charge in [0.2, 0.25) is 5.88 Å². The second-order valence-corrected chi connectivity index (χ2v) is 13.8. The van der Waals surface area contributed by atoms with Crippen molar-refractivity contribution in [3.05, 3.63) is 47.7 Å². The molecule has 2 saturated carbocycles. The van der Waals surface area contributed by atoms with Gasteiger partial charge in [-0.05, 0) is 70.6 Å². The van der Waals surface area contributed by atoms with Gasteiger partial charge in [0.1, 0.15) is 0 Å². The maximum absolute atomic E-state index is 13.7. The fourth-order valence-corrected chi connectivity index (χ4v) is 8.03. The van der Waals surface area contributed by atoms with Crippen molar-refractivity contribution >= 4 is 38.5 Å². The number of carbonyl (C=O) groups is 1. The third-order valence-electron chi connectivity index (χ3n) is 7.07. The number of rotatable bonds is 9. The molecule has 0 spiro atoms. The Morgan fingerprint density at radius 2 is 1.79 bits per heavy atom. The van der Waals surface area contributed by atoms with Crippen LogP contribution in [0, 0.1) is 4.78 Å². The maximum Gasteiger partial charge on any atom is 0.407 e. The highest BCUT2D eigenvalue weighted by molar-refractivity contribution is 7.93. The van der Waals surface area contributed by atoms with E-state index in [1.807, 2.05) is 44.3 Å². The van der Waals surface area contributed by atoms with E-state index in [-0.39, 0.29) is 23.5 Å². The molecule has 9 nitrogen and oxygen atoms in total. The number of anilines is 2. The first-order valence-corrected chi connectivity index (χ1v) is 15.8. The van der Waals surface area contributed by atoms with Crippen LogP contribution in [0.25, 0.3) is 10.4 Å². The molecule has 0 bridgehead atoms. The summed E-state index contributed by atoms with van der Waals surface area (Å²) in [6, 6.07) is 9.49. The van der Waals surface area contributed by atoms with Gasteiger partial charge in [-0.15, -0.1) is 11.3 Å². The average molecular weight is 570 g/mol. The smallest absolute Gasteiger partial charge is 0.407 e.